The zero-order chi connectivity index (χ0) is 18.8. The van der Waals surface area contributed by atoms with Crippen LogP contribution < -0.4 is 5.32 Å². The van der Waals surface area contributed by atoms with Gasteiger partial charge in [-0.25, -0.2) is 9.37 Å². The maximum atomic E-state index is 13.2. The molecule has 1 saturated heterocycles. The number of nitrogens with zero attached hydrogens (tertiary/aromatic N) is 1. The number of benzene rings is 1. The monoisotopic (exact) mass is 436 g/mol. The van der Waals surface area contributed by atoms with Crippen LogP contribution in [0.15, 0.2) is 24.3 Å². The van der Waals surface area contributed by atoms with Gasteiger partial charge in [-0.05, 0) is 30.5 Å². The molecule has 1 amide bonds. The highest BCUT2D eigenvalue weighted by molar-refractivity contribution is 6.52. The maximum Gasteiger partial charge on any atom is 0.272 e. The lowest BCUT2D eigenvalue weighted by atomic mass is 9.99. The van der Waals surface area contributed by atoms with E-state index in [1.165, 1.54) is 12.1 Å². The fraction of sp³-hybridized carbons (Fsp3) is 0.294. The standard InChI is InChI=1S/C17H13Cl4FN2O2/c18-11-12(19)15(23-16(21)13(11)20)17(25)24-14(10-2-1-7-26-10)8-3-5-9(22)6-4-8/h3-6,10,14H,1-2,7H2,(H,24,25)/t10-,14-/m0/s1. The Labute approximate surface area is 169 Å². The highest BCUT2D eigenvalue weighted by Gasteiger charge is 2.30. The fourth-order valence-electron chi connectivity index (χ4n) is 2.77. The van der Waals surface area contributed by atoms with Crippen molar-refractivity contribution in [2.24, 2.45) is 0 Å². The molecule has 0 radical (unpaired) electrons. The Balaban J connectivity index is 1.92. The van der Waals surface area contributed by atoms with Crippen LogP contribution in [0.5, 0.6) is 0 Å². The molecule has 4 nitrogen and oxygen atoms in total. The molecule has 2 heterocycles. The van der Waals surface area contributed by atoms with Gasteiger partial charge in [0.05, 0.1) is 27.2 Å². The minimum Gasteiger partial charge on any atom is -0.376 e. The minimum atomic E-state index is -0.583. The van der Waals surface area contributed by atoms with Crippen LogP contribution in [0.1, 0.15) is 34.9 Å². The lowest BCUT2D eigenvalue weighted by Gasteiger charge is -2.25. The lowest BCUT2D eigenvalue weighted by molar-refractivity contribution is 0.0670. The van der Waals surface area contributed by atoms with E-state index in [0.717, 1.165) is 12.8 Å². The molecule has 138 valence electrons. The van der Waals surface area contributed by atoms with Gasteiger partial charge in [0.1, 0.15) is 16.7 Å². The first-order valence-corrected chi connectivity index (χ1v) is 9.27. The summed E-state index contributed by atoms with van der Waals surface area (Å²) in [7, 11) is 0. The summed E-state index contributed by atoms with van der Waals surface area (Å²) < 4.78 is 18.9. The normalized spacial score (nSPS) is 18.0. The van der Waals surface area contributed by atoms with Crippen LogP contribution in [0, 0.1) is 5.82 Å². The van der Waals surface area contributed by atoms with E-state index in [2.05, 4.69) is 10.3 Å². The number of halogens is 5. The van der Waals surface area contributed by atoms with Gasteiger partial charge in [-0.15, -0.1) is 0 Å². The zero-order valence-corrected chi connectivity index (χ0v) is 16.3. The molecule has 1 fully saturated rings. The van der Waals surface area contributed by atoms with Gasteiger partial charge in [0.15, 0.2) is 0 Å². The number of hydrogen-bond acceptors (Lipinski definition) is 3. The number of hydrogen-bond donors (Lipinski definition) is 1. The van der Waals surface area contributed by atoms with Crippen LogP contribution in [0.3, 0.4) is 0 Å². The maximum absolute atomic E-state index is 13.2. The molecule has 0 spiro atoms. The van der Waals surface area contributed by atoms with E-state index < -0.39 is 11.9 Å². The highest BCUT2D eigenvalue weighted by atomic mass is 35.5. The van der Waals surface area contributed by atoms with Crippen molar-refractivity contribution in [2.45, 2.75) is 25.0 Å². The summed E-state index contributed by atoms with van der Waals surface area (Å²) in [5.74, 6) is -0.951. The summed E-state index contributed by atoms with van der Waals surface area (Å²) in [6.45, 7) is 0.593. The predicted octanol–water partition coefficient (Wildman–Crippen LogP) is 5.48. The Morgan fingerprint density at radius 1 is 1.15 bits per heavy atom. The number of pyridine rings is 1. The van der Waals surface area contributed by atoms with E-state index in [0.29, 0.717) is 12.2 Å². The lowest BCUT2D eigenvalue weighted by Crippen LogP contribution is -2.36. The van der Waals surface area contributed by atoms with Crippen molar-refractivity contribution in [3.8, 4) is 0 Å². The van der Waals surface area contributed by atoms with Crippen molar-refractivity contribution in [2.75, 3.05) is 6.61 Å². The molecule has 0 bridgehead atoms. The van der Waals surface area contributed by atoms with Crippen molar-refractivity contribution in [1.29, 1.82) is 0 Å². The largest absolute Gasteiger partial charge is 0.376 e. The molecule has 0 aliphatic carbocycles. The first kappa shape index (κ1) is 19.6. The topological polar surface area (TPSA) is 51.2 Å². The Kier molecular flexibility index (Phi) is 6.25. The summed E-state index contributed by atoms with van der Waals surface area (Å²) in [5.41, 5.74) is 0.560. The molecule has 1 aromatic carbocycles. The van der Waals surface area contributed by atoms with Crippen LogP contribution in [-0.2, 0) is 4.74 Å². The molecule has 1 aliphatic heterocycles. The van der Waals surface area contributed by atoms with Gasteiger partial charge in [0, 0.05) is 6.61 Å². The third-order valence-corrected chi connectivity index (χ3v) is 5.73. The van der Waals surface area contributed by atoms with Crippen LogP contribution in [0.25, 0.3) is 0 Å². The Morgan fingerprint density at radius 3 is 2.46 bits per heavy atom. The van der Waals surface area contributed by atoms with Gasteiger partial charge in [-0.2, -0.15) is 0 Å². The van der Waals surface area contributed by atoms with Gasteiger partial charge in [0.25, 0.3) is 5.91 Å². The van der Waals surface area contributed by atoms with Crippen LogP contribution >= 0.6 is 46.4 Å². The van der Waals surface area contributed by atoms with Crippen LogP contribution in [-0.4, -0.2) is 23.6 Å². The third kappa shape index (κ3) is 4.07. The Bertz CT molecular complexity index is 827. The van der Waals surface area contributed by atoms with Gasteiger partial charge >= 0.3 is 0 Å². The molecule has 0 saturated carbocycles. The average molecular weight is 438 g/mol. The SMILES string of the molecule is O=C(N[C@@H](c1ccc(F)cc1)[C@@H]1CCCO1)c1nc(Cl)c(Cl)c(Cl)c1Cl. The molecule has 0 unspecified atom stereocenters. The second-order valence-corrected chi connectivity index (χ2v) is 7.24. The summed E-state index contributed by atoms with van der Waals surface area (Å²) >= 11 is 23.9. The van der Waals surface area contributed by atoms with Gasteiger partial charge in [-0.3, -0.25) is 4.79 Å². The number of amides is 1. The van der Waals surface area contributed by atoms with Crippen LogP contribution in [0.4, 0.5) is 4.39 Å². The van der Waals surface area contributed by atoms with Crippen molar-refractivity contribution in [3.63, 3.8) is 0 Å². The van der Waals surface area contributed by atoms with Crippen molar-refractivity contribution in [3.05, 3.63) is 61.6 Å². The van der Waals surface area contributed by atoms with Gasteiger partial charge in [0.2, 0.25) is 0 Å². The van der Waals surface area contributed by atoms with Crippen LogP contribution in [0.2, 0.25) is 20.2 Å². The molecule has 2 aromatic rings. The summed E-state index contributed by atoms with van der Waals surface area (Å²) in [6, 6.07) is 5.34. The number of carbonyl (C=O) groups excluding carboxylic acids is 1. The van der Waals surface area contributed by atoms with Crippen molar-refractivity contribution < 1.29 is 13.9 Å². The average Bonchev–Trinajstić information content (AvgIpc) is 3.16. The highest BCUT2D eigenvalue weighted by Crippen LogP contribution is 2.36. The second kappa shape index (κ2) is 8.28. The quantitative estimate of drug-likeness (QED) is 0.644. The number of rotatable bonds is 4. The third-order valence-electron chi connectivity index (χ3n) is 4.05. The minimum absolute atomic E-state index is 0.0240. The first-order valence-electron chi connectivity index (χ1n) is 7.76. The fourth-order valence-corrected chi connectivity index (χ4v) is 3.59. The van der Waals surface area contributed by atoms with Gasteiger partial charge in [-0.1, -0.05) is 58.5 Å². The second-order valence-electron chi connectivity index (χ2n) is 5.75. The van der Waals surface area contributed by atoms with Crippen molar-refractivity contribution >= 4 is 52.3 Å². The van der Waals surface area contributed by atoms with E-state index in [-0.39, 0.29) is 37.8 Å². The van der Waals surface area contributed by atoms with Crippen molar-refractivity contribution in [1.82, 2.24) is 10.3 Å². The Hall–Kier alpha value is -1.11. The zero-order valence-electron chi connectivity index (χ0n) is 13.2. The molecule has 2 atom stereocenters. The molecule has 1 aromatic heterocycles. The van der Waals surface area contributed by atoms with E-state index in [1.54, 1.807) is 12.1 Å². The number of aromatic nitrogens is 1. The Morgan fingerprint density at radius 2 is 1.85 bits per heavy atom. The predicted molar refractivity (Wildman–Crippen MR) is 99.9 cm³/mol. The van der Waals surface area contributed by atoms with E-state index >= 15 is 0 Å². The molecule has 3 rings (SSSR count). The molecule has 1 N–H and O–H groups in total. The smallest absolute Gasteiger partial charge is 0.272 e. The van der Waals surface area contributed by atoms with Gasteiger partial charge < -0.3 is 10.1 Å². The summed E-state index contributed by atoms with van der Waals surface area (Å²) in [5, 5.41) is 2.54. The summed E-state index contributed by atoms with van der Waals surface area (Å²) in [4.78, 5) is 16.7. The van der Waals surface area contributed by atoms with E-state index in [4.69, 9.17) is 51.1 Å². The molecule has 26 heavy (non-hydrogen) atoms. The summed E-state index contributed by atoms with van der Waals surface area (Å²) in [6.07, 6.45) is 1.38. The molecule has 9 heteroatoms. The first-order chi connectivity index (χ1) is 12.4. The number of carbonyl (C=O) groups is 1. The molecule has 1 aliphatic rings. The number of nitrogens with one attached hydrogen (secondary N) is 1. The molecular formula is C17H13Cl4FN2O2. The van der Waals surface area contributed by atoms with E-state index in [1.807, 2.05) is 0 Å². The molecular weight excluding hydrogens is 425 g/mol. The van der Waals surface area contributed by atoms with E-state index in [9.17, 15) is 9.18 Å². The number of ether oxygens (including phenoxy) is 1.